The van der Waals surface area contributed by atoms with Crippen molar-refractivity contribution in [2.75, 3.05) is 7.11 Å². The zero-order valence-corrected chi connectivity index (χ0v) is 10.4. The van der Waals surface area contributed by atoms with Crippen molar-refractivity contribution in [1.29, 1.82) is 0 Å². The third-order valence-electron chi connectivity index (χ3n) is 2.46. The molecule has 1 aromatic carbocycles. The fourth-order valence-electron chi connectivity index (χ4n) is 1.34. The maximum atomic E-state index is 5.99. The standard InChI is InChI=1S/C12H19NOS/c1-4-10(13)9(2)15-12-8-6-5-7-11(12)14-3/h5-10H,4,13H2,1-3H3. The van der Waals surface area contributed by atoms with Crippen molar-refractivity contribution in [3.63, 3.8) is 0 Å². The molecular weight excluding hydrogens is 206 g/mol. The largest absolute Gasteiger partial charge is 0.496 e. The van der Waals surface area contributed by atoms with Gasteiger partial charge in [0.1, 0.15) is 5.75 Å². The van der Waals surface area contributed by atoms with E-state index >= 15 is 0 Å². The number of hydrogen-bond acceptors (Lipinski definition) is 3. The summed E-state index contributed by atoms with van der Waals surface area (Å²) in [5.41, 5.74) is 5.99. The summed E-state index contributed by atoms with van der Waals surface area (Å²) < 4.78 is 5.30. The zero-order valence-electron chi connectivity index (χ0n) is 9.57. The van der Waals surface area contributed by atoms with Crippen LogP contribution in [-0.4, -0.2) is 18.4 Å². The maximum absolute atomic E-state index is 5.99. The van der Waals surface area contributed by atoms with Crippen LogP contribution in [0.1, 0.15) is 20.3 Å². The average molecular weight is 225 g/mol. The van der Waals surface area contributed by atoms with Gasteiger partial charge in [0.2, 0.25) is 0 Å². The average Bonchev–Trinajstić information content (AvgIpc) is 2.28. The Morgan fingerprint density at radius 1 is 1.40 bits per heavy atom. The molecule has 0 aliphatic heterocycles. The number of nitrogens with two attached hydrogens (primary N) is 1. The zero-order chi connectivity index (χ0) is 11.3. The molecule has 0 saturated heterocycles. The molecule has 0 fully saturated rings. The molecule has 0 aliphatic carbocycles. The quantitative estimate of drug-likeness (QED) is 0.783. The molecule has 0 aromatic heterocycles. The van der Waals surface area contributed by atoms with Gasteiger partial charge in [0.05, 0.1) is 7.11 Å². The van der Waals surface area contributed by atoms with Crippen LogP contribution in [-0.2, 0) is 0 Å². The molecule has 0 radical (unpaired) electrons. The molecular formula is C12H19NOS. The highest BCUT2D eigenvalue weighted by atomic mass is 32.2. The number of rotatable bonds is 5. The Morgan fingerprint density at radius 2 is 2.07 bits per heavy atom. The third-order valence-corrected chi connectivity index (χ3v) is 3.77. The molecule has 84 valence electrons. The van der Waals surface area contributed by atoms with Crippen LogP contribution in [0.5, 0.6) is 5.75 Å². The summed E-state index contributed by atoms with van der Waals surface area (Å²) in [4.78, 5) is 1.16. The van der Waals surface area contributed by atoms with Crippen molar-refractivity contribution >= 4 is 11.8 Å². The van der Waals surface area contributed by atoms with E-state index in [1.165, 1.54) is 0 Å². The minimum absolute atomic E-state index is 0.236. The fourth-order valence-corrected chi connectivity index (χ4v) is 2.53. The number of thioether (sulfide) groups is 1. The van der Waals surface area contributed by atoms with E-state index < -0.39 is 0 Å². The van der Waals surface area contributed by atoms with Crippen molar-refractivity contribution in [3.05, 3.63) is 24.3 Å². The van der Waals surface area contributed by atoms with E-state index in [-0.39, 0.29) is 6.04 Å². The molecule has 15 heavy (non-hydrogen) atoms. The Kier molecular flexibility index (Phi) is 4.99. The minimum Gasteiger partial charge on any atom is -0.496 e. The first-order valence-corrected chi connectivity index (χ1v) is 6.12. The lowest BCUT2D eigenvalue weighted by molar-refractivity contribution is 0.404. The SMILES string of the molecule is CCC(N)C(C)Sc1ccccc1OC. The minimum atomic E-state index is 0.236. The second kappa shape index (κ2) is 6.03. The summed E-state index contributed by atoms with van der Waals surface area (Å²) in [6.45, 7) is 4.27. The third kappa shape index (κ3) is 3.43. The van der Waals surface area contributed by atoms with Crippen LogP contribution in [0.25, 0.3) is 0 Å². The Balaban J connectivity index is 2.71. The predicted octanol–water partition coefficient (Wildman–Crippen LogP) is 2.91. The van der Waals surface area contributed by atoms with Gasteiger partial charge in [-0.1, -0.05) is 26.0 Å². The maximum Gasteiger partial charge on any atom is 0.132 e. The number of ether oxygens (including phenoxy) is 1. The van der Waals surface area contributed by atoms with Crippen molar-refractivity contribution in [2.45, 2.75) is 36.5 Å². The Morgan fingerprint density at radius 3 is 2.67 bits per heavy atom. The van der Waals surface area contributed by atoms with Crippen LogP contribution >= 0.6 is 11.8 Å². The lowest BCUT2D eigenvalue weighted by Gasteiger charge is -2.18. The van der Waals surface area contributed by atoms with E-state index in [4.69, 9.17) is 10.5 Å². The molecule has 3 heteroatoms. The van der Waals surface area contributed by atoms with Crippen LogP contribution in [0.2, 0.25) is 0 Å². The van der Waals surface area contributed by atoms with Crippen LogP contribution in [0.15, 0.2) is 29.2 Å². The van der Waals surface area contributed by atoms with Gasteiger partial charge in [0, 0.05) is 16.2 Å². The molecule has 0 heterocycles. The van der Waals surface area contributed by atoms with Crippen molar-refractivity contribution in [2.24, 2.45) is 5.73 Å². The van der Waals surface area contributed by atoms with Crippen molar-refractivity contribution in [3.8, 4) is 5.75 Å². The smallest absolute Gasteiger partial charge is 0.132 e. The van der Waals surface area contributed by atoms with Gasteiger partial charge in [-0.3, -0.25) is 0 Å². The first-order valence-electron chi connectivity index (χ1n) is 5.24. The molecule has 2 unspecified atom stereocenters. The first kappa shape index (κ1) is 12.4. The first-order chi connectivity index (χ1) is 7.19. The molecule has 1 rings (SSSR count). The van der Waals surface area contributed by atoms with Crippen LogP contribution in [0, 0.1) is 0 Å². The molecule has 0 bridgehead atoms. The number of methoxy groups -OCH3 is 1. The van der Waals surface area contributed by atoms with E-state index in [0.29, 0.717) is 5.25 Å². The second-order valence-electron chi connectivity index (χ2n) is 3.55. The monoisotopic (exact) mass is 225 g/mol. The molecule has 0 spiro atoms. The fraction of sp³-hybridized carbons (Fsp3) is 0.500. The lowest BCUT2D eigenvalue weighted by Crippen LogP contribution is -2.29. The van der Waals surface area contributed by atoms with E-state index in [2.05, 4.69) is 19.9 Å². The summed E-state index contributed by atoms with van der Waals surface area (Å²) in [5, 5.41) is 0.409. The Hall–Kier alpha value is -0.670. The van der Waals surface area contributed by atoms with Gasteiger partial charge >= 0.3 is 0 Å². The molecule has 0 aliphatic rings. The summed E-state index contributed by atoms with van der Waals surface area (Å²) >= 11 is 1.78. The molecule has 1 aromatic rings. The van der Waals surface area contributed by atoms with Crippen LogP contribution in [0.4, 0.5) is 0 Å². The lowest BCUT2D eigenvalue weighted by atomic mass is 10.2. The van der Waals surface area contributed by atoms with Gasteiger partial charge in [-0.2, -0.15) is 0 Å². The van der Waals surface area contributed by atoms with Gasteiger partial charge < -0.3 is 10.5 Å². The Labute approximate surface area is 96.2 Å². The van der Waals surface area contributed by atoms with E-state index in [1.807, 2.05) is 18.2 Å². The molecule has 2 N–H and O–H groups in total. The highest BCUT2D eigenvalue weighted by Crippen LogP contribution is 2.32. The topological polar surface area (TPSA) is 35.2 Å². The summed E-state index contributed by atoms with van der Waals surface area (Å²) in [7, 11) is 1.70. The summed E-state index contributed by atoms with van der Waals surface area (Å²) in [6.07, 6.45) is 1.00. The van der Waals surface area contributed by atoms with Gasteiger partial charge in [-0.15, -0.1) is 11.8 Å². The summed E-state index contributed by atoms with van der Waals surface area (Å²) in [5.74, 6) is 0.928. The van der Waals surface area contributed by atoms with E-state index in [9.17, 15) is 0 Å². The number of para-hydroxylation sites is 1. The van der Waals surface area contributed by atoms with E-state index in [0.717, 1.165) is 17.1 Å². The number of benzene rings is 1. The predicted molar refractivity (Wildman–Crippen MR) is 66.6 cm³/mol. The normalized spacial score (nSPS) is 14.7. The molecule has 2 atom stereocenters. The molecule has 0 amide bonds. The Bertz CT molecular complexity index is 303. The van der Waals surface area contributed by atoms with Crippen molar-refractivity contribution < 1.29 is 4.74 Å². The van der Waals surface area contributed by atoms with Gasteiger partial charge in [0.25, 0.3) is 0 Å². The van der Waals surface area contributed by atoms with Gasteiger partial charge in [-0.25, -0.2) is 0 Å². The van der Waals surface area contributed by atoms with E-state index in [1.54, 1.807) is 18.9 Å². The highest BCUT2D eigenvalue weighted by Gasteiger charge is 2.14. The van der Waals surface area contributed by atoms with Crippen LogP contribution < -0.4 is 10.5 Å². The van der Waals surface area contributed by atoms with Crippen molar-refractivity contribution in [1.82, 2.24) is 0 Å². The number of hydrogen-bond donors (Lipinski definition) is 1. The second-order valence-corrected chi connectivity index (χ2v) is 4.97. The highest BCUT2D eigenvalue weighted by molar-refractivity contribution is 8.00. The summed E-state index contributed by atoms with van der Waals surface area (Å²) in [6, 6.07) is 8.29. The van der Waals surface area contributed by atoms with Gasteiger partial charge in [-0.05, 0) is 18.6 Å². The molecule has 0 saturated carbocycles. The molecule has 2 nitrogen and oxygen atoms in total. The van der Waals surface area contributed by atoms with Crippen LogP contribution in [0.3, 0.4) is 0 Å². The van der Waals surface area contributed by atoms with Gasteiger partial charge in [0.15, 0.2) is 0 Å².